The Kier molecular flexibility index (Phi) is 4.48. The minimum atomic E-state index is -0.565. The van der Waals surface area contributed by atoms with Gasteiger partial charge in [0.1, 0.15) is 11.6 Å². The predicted octanol–water partition coefficient (Wildman–Crippen LogP) is 4.40. The van der Waals surface area contributed by atoms with Crippen LogP contribution in [-0.2, 0) is 6.54 Å². The van der Waals surface area contributed by atoms with Crippen LogP contribution in [0.15, 0.2) is 36.7 Å². The molecule has 0 bridgehead atoms. The molecule has 1 aromatic heterocycles. The monoisotopic (exact) mass is 302 g/mol. The molecule has 0 N–H and O–H groups in total. The van der Waals surface area contributed by atoms with Crippen LogP contribution >= 0.6 is 0 Å². The van der Waals surface area contributed by atoms with E-state index in [1.807, 2.05) is 12.3 Å². The van der Waals surface area contributed by atoms with Crippen molar-refractivity contribution in [3.8, 4) is 11.1 Å². The van der Waals surface area contributed by atoms with Crippen LogP contribution in [-0.4, -0.2) is 22.5 Å². The van der Waals surface area contributed by atoms with Crippen LogP contribution in [0, 0.1) is 11.6 Å². The van der Waals surface area contributed by atoms with Crippen LogP contribution in [0.1, 0.15) is 31.7 Å². The number of pyridine rings is 1. The molecule has 1 aromatic carbocycles. The zero-order chi connectivity index (χ0) is 15.5. The van der Waals surface area contributed by atoms with E-state index in [4.69, 9.17) is 0 Å². The topological polar surface area (TPSA) is 16.1 Å². The second-order valence-electron chi connectivity index (χ2n) is 6.06. The van der Waals surface area contributed by atoms with Crippen molar-refractivity contribution in [3.05, 3.63) is 53.9 Å². The van der Waals surface area contributed by atoms with Crippen LogP contribution in [0.2, 0.25) is 0 Å². The number of nitrogens with zero attached hydrogens (tertiary/aromatic N) is 2. The van der Waals surface area contributed by atoms with Gasteiger partial charge in [-0.15, -0.1) is 0 Å². The molecule has 0 amide bonds. The zero-order valence-corrected chi connectivity index (χ0v) is 12.7. The van der Waals surface area contributed by atoms with E-state index in [0.717, 1.165) is 30.3 Å². The van der Waals surface area contributed by atoms with Gasteiger partial charge in [-0.25, -0.2) is 8.78 Å². The minimum Gasteiger partial charge on any atom is -0.296 e. The quantitative estimate of drug-likeness (QED) is 0.835. The molecular weight excluding hydrogens is 282 g/mol. The van der Waals surface area contributed by atoms with Gasteiger partial charge in [-0.05, 0) is 55.6 Å². The highest BCUT2D eigenvalue weighted by Crippen LogP contribution is 2.24. The van der Waals surface area contributed by atoms with E-state index in [2.05, 4.69) is 16.8 Å². The van der Waals surface area contributed by atoms with Crippen molar-refractivity contribution < 1.29 is 8.78 Å². The van der Waals surface area contributed by atoms with Crippen molar-refractivity contribution in [1.82, 2.24) is 9.88 Å². The van der Waals surface area contributed by atoms with Crippen molar-refractivity contribution in [1.29, 1.82) is 0 Å². The molecule has 22 heavy (non-hydrogen) atoms. The summed E-state index contributed by atoms with van der Waals surface area (Å²) in [6, 6.07) is 6.11. The molecule has 1 aliphatic heterocycles. The molecule has 1 unspecified atom stereocenters. The fourth-order valence-corrected chi connectivity index (χ4v) is 3.08. The number of piperidine rings is 1. The van der Waals surface area contributed by atoms with Gasteiger partial charge < -0.3 is 0 Å². The van der Waals surface area contributed by atoms with Crippen LogP contribution in [0.3, 0.4) is 0 Å². The lowest BCUT2D eigenvalue weighted by molar-refractivity contribution is 0.152. The van der Waals surface area contributed by atoms with E-state index in [1.54, 1.807) is 6.20 Å². The summed E-state index contributed by atoms with van der Waals surface area (Å²) >= 11 is 0. The summed E-state index contributed by atoms with van der Waals surface area (Å²) in [5.74, 6) is -1.13. The van der Waals surface area contributed by atoms with Gasteiger partial charge in [-0.2, -0.15) is 0 Å². The van der Waals surface area contributed by atoms with Crippen LogP contribution < -0.4 is 0 Å². The highest BCUT2D eigenvalue weighted by atomic mass is 19.1. The molecule has 1 aliphatic rings. The lowest BCUT2D eigenvalue weighted by Gasteiger charge is -2.33. The lowest BCUT2D eigenvalue weighted by Crippen LogP contribution is -2.36. The number of aromatic nitrogens is 1. The fourth-order valence-electron chi connectivity index (χ4n) is 3.08. The van der Waals surface area contributed by atoms with Crippen molar-refractivity contribution in [2.45, 2.75) is 38.8 Å². The summed E-state index contributed by atoms with van der Waals surface area (Å²) in [6.07, 6.45) is 7.23. The molecule has 1 saturated heterocycles. The number of hydrogen-bond acceptors (Lipinski definition) is 2. The Morgan fingerprint density at radius 1 is 1.05 bits per heavy atom. The standard InChI is InChI=1S/C18H20F2N2/c1-13-4-2-3-5-22(13)12-14-6-16(11-21-10-14)15-7-17(19)9-18(20)8-15/h6-11,13H,2-5,12H2,1H3. The first kappa shape index (κ1) is 15.1. The Hall–Kier alpha value is -1.81. The third kappa shape index (κ3) is 3.50. The zero-order valence-electron chi connectivity index (χ0n) is 12.7. The average Bonchev–Trinajstić information content (AvgIpc) is 2.49. The Bertz CT molecular complexity index is 637. The predicted molar refractivity (Wildman–Crippen MR) is 83.3 cm³/mol. The van der Waals surface area contributed by atoms with Crippen molar-refractivity contribution >= 4 is 0 Å². The van der Waals surface area contributed by atoms with Crippen LogP contribution in [0.4, 0.5) is 8.78 Å². The summed E-state index contributed by atoms with van der Waals surface area (Å²) in [4.78, 5) is 6.68. The molecule has 4 heteroatoms. The van der Waals surface area contributed by atoms with Gasteiger partial charge in [0.25, 0.3) is 0 Å². The smallest absolute Gasteiger partial charge is 0.126 e. The summed E-state index contributed by atoms with van der Waals surface area (Å²) in [5.41, 5.74) is 2.36. The molecule has 0 saturated carbocycles. The normalized spacial score (nSPS) is 19.3. The maximum atomic E-state index is 13.4. The SMILES string of the molecule is CC1CCCCN1Cc1cncc(-c2cc(F)cc(F)c2)c1. The number of halogens is 2. The Morgan fingerprint density at radius 3 is 2.55 bits per heavy atom. The second kappa shape index (κ2) is 6.53. The van der Waals surface area contributed by atoms with E-state index >= 15 is 0 Å². The Morgan fingerprint density at radius 2 is 1.82 bits per heavy atom. The molecule has 0 radical (unpaired) electrons. The lowest BCUT2D eigenvalue weighted by atomic mass is 10.0. The maximum Gasteiger partial charge on any atom is 0.126 e. The number of likely N-dealkylation sites (tertiary alicyclic amines) is 1. The van der Waals surface area contributed by atoms with Gasteiger partial charge in [0, 0.05) is 36.6 Å². The van der Waals surface area contributed by atoms with Gasteiger partial charge in [0.2, 0.25) is 0 Å². The van der Waals surface area contributed by atoms with E-state index in [-0.39, 0.29) is 0 Å². The van der Waals surface area contributed by atoms with Gasteiger partial charge in [-0.1, -0.05) is 6.42 Å². The van der Waals surface area contributed by atoms with Crippen molar-refractivity contribution in [2.24, 2.45) is 0 Å². The molecule has 2 aromatic rings. The van der Waals surface area contributed by atoms with Crippen molar-refractivity contribution in [2.75, 3.05) is 6.54 Å². The third-order valence-corrected chi connectivity index (χ3v) is 4.32. The van der Waals surface area contributed by atoms with Crippen LogP contribution in [0.25, 0.3) is 11.1 Å². The summed E-state index contributed by atoms with van der Waals surface area (Å²) < 4.78 is 26.7. The van der Waals surface area contributed by atoms with Crippen LogP contribution in [0.5, 0.6) is 0 Å². The van der Waals surface area contributed by atoms with Crippen molar-refractivity contribution in [3.63, 3.8) is 0 Å². The number of rotatable bonds is 3. The summed E-state index contributed by atoms with van der Waals surface area (Å²) in [7, 11) is 0. The molecule has 2 heterocycles. The van der Waals surface area contributed by atoms with Gasteiger partial charge >= 0.3 is 0 Å². The molecule has 1 fully saturated rings. The first-order valence-corrected chi connectivity index (χ1v) is 7.76. The molecule has 116 valence electrons. The van der Waals surface area contributed by atoms with Gasteiger partial charge in [0.05, 0.1) is 0 Å². The van der Waals surface area contributed by atoms with Gasteiger partial charge in [0.15, 0.2) is 0 Å². The summed E-state index contributed by atoms with van der Waals surface area (Å²) in [5, 5.41) is 0. The average molecular weight is 302 g/mol. The van der Waals surface area contributed by atoms with E-state index in [0.29, 0.717) is 11.6 Å². The Balaban J connectivity index is 1.83. The maximum absolute atomic E-state index is 13.4. The Labute approximate surface area is 129 Å². The van der Waals surface area contributed by atoms with E-state index in [9.17, 15) is 8.78 Å². The molecule has 3 rings (SSSR count). The molecule has 2 nitrogen and oxygen atoms in total. The molecule has 0 aliphatic carbocycles. The highest BCUT2D eigenvalue weighted by Gasteiger charge is 2.18. The minimum absolute atomic E-state index is 0.526. The molecule has 0 spiro atoms. The third-order valence-electron chi connectivity index (χ3n) is 4.32. The van der Waals surface area contributed by atoms with E-state index in [1.165, 1.54) is 31.4 Å². The largest absolute Gasteiger partial charge is 0.296 e. The molecular formula is C18H20F2N2. The second-order valence-corrected chi connectivity index (χ2v) is 6.06. The molecule has 1 atom stereocenters. The van der Waals surface area contributed by atoms with E-state index < -0.39 is 11.6 Å². The van der Waals surface area contributed by atoms with Gasteiger partial charge in [-0.3, -0.25) is 9.88 Å². The number of hydrogen-bond donors (Lipinski definition) is 0. The summed E-state index contributed by atoms with van der Waals surface area (Å²) in [6.45, 7) is 4.18. The first-order valence-electron chi connectivity index (χ1n) is 7.76. The number of benzene rings is 1. The fraction of sp³-hybridized carbons (Fsp3) is 0.389. The highest BCUT2D eigenvalue weighted by molar-refractivity contribution is 5.63. The first-order chi connectivity index (χ1) is 10.6.